The fraction of sp³-hybridized carbons (Fsp3) is 0.917. The summed E-state index contributed by atoms with van der Waals surface area (Å²) in [4.78, 5) is 0. The molecule has 5 nitrogen and oxygen atoms in total. The topological polar surface area (TPSA) is 79.2 Å². The van der Waals surface area contributed by atoms with Crippen molar-refractivity contribution in [3.63, 3.8) is 0 Å². The third-order valence-electron chi connectivity index (χ3n) is 5.69. The van der Waals surface area contributed by atoms with Crippen LogP contribution in [0, 0.1) is 0 Å². The minimum Gasteiger partial charge on any atom is -0.388 e. The molecule has 1 aliphatic rings. The van der Waals surface area contributed by atoms with Gasteiger partial charge in [0.15, 0.2) is 0 Å². The average Bonchev–Trinajstić information content (AvgIpc) is 2.72. The van der Waals surface area contributed by atoms with Crippen molar-refractivity contribution in [2.45, 2.75) is 121 Å². The largest absolute Gasteiger partial charge is 0.388 e. The van der Waals surface area contributed by atoms with Crippen LogP contribution in [0.1, 0.15) is 96.8 Å². The van der Waals surface area contributed by atoms with E-state index in [0.29, 0.717) is 6.61 Å². The maximum Gasteiger partial charge on any atom is 0.111 e. The van der Waals surface area contributed by atoms with E-state index in [2.05, 4.69) is 19.1 Å². The highest BCUT2D eigenvalue weighted by molar-refractivity contribution is 4.86. The highest BCUT2D eigenvalue weighted by Crippen LogP contribution is 2.16. The first-order chi connectivity index (χ1) is 14.2. The van der Waals surface area contributed by atoms with E-state index in [4.69, 9.17) is 9.47 Å². The molecule has 0 bridgehead atoms. The molecule has 0 spiro atoms. The third-order valence-corrected chi connectivity index (χ3v) is 5.69. The fourth-order valence-corrected chi connectivity index (χ4v) is 3.66. The first-order valence-corrected chi connectivity index (χ1v) is 12.0. The molecule has 0 unspecified atom stereocenters. The van der Waals surface area contributed by atoms with Crippen LogP contribution in [0.3, 0.4) is 0 Å². The molecule has 1 rings (SSSR count). The van der Waals surface area contributed by atoms with E-state index in [9.17, 15) is 15.3 Å². The second kappa shape index (κ2) is 18.3. The van der Waals surface area contributed by atoms with E-state index in [-0.39, 0.29) is 13.2 Å². The van der Waals surface area contributed by atoms with Crippen molar-refractivity contribution in [2.75, 3.05) is 19.8 Å². The Morgan fingerprint density at radius 1 is 0.759 bits per heavy atom. The number of unbranched alkanes of at least 4 members (excludes halogenated alkanes) is 12. The Hall–Kier alpha value is -0.460. The molecule has 1 aliphatic heterocycles. The highest BCUT2D eigenvalue weighted by Gasteiger charge is 2.37. The summed E-state index contributed by atoms with van der Waals surface area (Å²) in [5.74, 6) is 0. The van der Waals surface area contributed by atoms with Crippen LogP contribution in [0.2, 0.25) is 0 Å². The standard InChI is InChI=1S/C24H46O5/c1-2-3-4-5-6-7-8-9-10-11-12-13-14-15-16-17-18-28-20-22-24(27)23(26)21(25)19-29-22/h8-9,21-27H,2-7,10-20H2,1H3/b9-8+/t21-,22+,23+,24+/m0/s1. The van der Waals surface area contributed by atoms with Crippen LogP contribution in [0.4, 0.5) is 0 Å². The Morgan fingerprint density at radius 3 is 1.93 bits per heavy atom. The van der Waals surface area contributed by atoms with Gasteiger partial charge < -0.3 is 24.8 Å². The molecule has 0 amide bonds. The van der Waals surface area contributed by atoms with E-state index in [1.807, 2.05) is 0 Å². The molecule has 0 aliphatic carbocycles. The van der Waals surface area contributed by atoms with Gasteiger partial charge in [-0.3, -0.25) is 0 Å². The summed E-state index contributed by atoms with van der Waals surface area (Å²) in [6.45, 7) is 3.21. The molecule has 0 aromatic heterocycles. The van der Waals surface area contributed by atoms with Gasteiger partial charge in [0, 0.05) is 6.61 Å². The van der Waals surface area contributed by atoms with Crippen molar-refractivity contribution in [2.24, 2.45) is 0 Å². The van der Waals surface area contributed by atoms with Gasteiger partial charge in [0.05, 0.1) is 13.2 Å². The van der Waals surface area contributed by atoms with E-state index in [0.717, 1.165) is 12.8 Å². The molecule has 0 radical (unpaired) electrons. The molecule has 0 aromatic carbocycles. The van der Waals surface area contributed by atoms with Gasteiger partial charge in [-0.05, 0) is 32.1 Å². The van der Waals surface area contributed by atoms with Crippen molar-refractivity contribution >= 4 is 0 Å². The second-order valence-corrected chi connectivity index (χ2v) is 8.43. The van der Waals surface area contributed by atoms with E-state index >= 15 is 0 Å². The van der Waals surface area contributed by atoms with Gasteiger partial charge in [0.2, 0.25) is 0 Å². The number of allylic oxidation sites excluding steroid dienone is 2. The minimum atomic E-state index is -1.15. The van der Waals surface area contributed by atoms with Crippen molar-refractivity contribution in [1.82, 2.24) is 0 Å². The maximum atomic E-state index is 9.83. The van der Waals surface area contributed by atoms with Crippen LogP contribution in [0.15, 0.2) is 12.2 Å². The predicted molar refractivity (Wildman–Crippen MR) is 118 cm³/mol. The van der Waals surface area contributed by atoms with Gasteiger partial charge in [-0.2, -0.15) is 0 Å². The Labute approximate surface area is 178 Å². The number of aliphatic hydroxyl groups excluding tert-OH is 3. The molecular formula is C24H46O5. The Kier molecular flexibility index (Phi) is 16.8. The van der Waals surface area contributed by atoms with Gasteiger partial charge in [0.25, 0.3) is 0 Å². The van der Waals surface area contributed by atoms with Gasteiger partial charge in [-0.1, -0.05) is 76.9 Å². The van der Waals surface area contributed by atoms with Crippen LogP contribution in [0.5, 0.6) is 0 Å². The van der Waals surface area contributed by atoms with Crippen LogP contribution < -0.4 is 0 Å². The van der Waals surface area contributed by atoms with E-state index < -0.39 is 24.4 Å². The molecule has 0 saturated carbocycles. The zero-order chi connectivity index (χ0) is 21.2. The predicted octanol–water partition coefficient (Wildman–Crippen LogP) is 4.52. The summed E-state index contributed by atoms with van der Waals surface area (Å²) < 4.78 is 10.9. The lowest BCUT2D eigenvalue weighted by Gasteiger charge is -2.35. The lowest BCUT2D eigenvalue weighted by molar-refractivity contribution is -0.199. The molecule has 29 heavy (non-hydrogen) atoms. The van der Waals surface area contributed by atoms with Gasteiger partial charge >= 0.3 is 0 Å². The molecule has 0 aromatic rings. The molecule has 172 valence electrons. The van der Waals surface area contributed by atoms with Gasteiger partial charge in [-0.15, -0.1) is 0 Å². The summed E-state index contributed by atoms with van der Waals surface area (Å²) in [5, 5.41) is 28.9. The van der Waals surface area contributed by atoms with Crippen LogP contribution in [-0.4, -0.2) is 59.6 Å². The minimum absolute atomic E-state index is 0.0427. The molecular weight excluding hydrogens is 368 g/mol. The zero-order valence-corrected chi connectivity index (χ0v) is 18.6. The summed E-state index contributed by atoms with van der Waals surface area (Å²) in [7, 11) is 0. The van der Waals surface area contributed by atoms with E-state index in [1.54, 1.807) is 0 Å². The number of hydrogen-bond donors (Lipinski definition) is 3. The van der Waals surface area contributed by atoms with E-state index in [1.165, 1.54) is 77.0 Å². The van der Waals surface area contributed by atoms with Crippen molar-refractivity contribution in [1.29, 1.82) is 0 Å². The SMILES string of the molecule is CCCCCCC/C=C/CCCCCCCCCOC[C@H]1OC[C@H](O)[C@@H](O)[C@@H]1O. The molecule has 4 atom stereocenters. The Morgan fingerprint density at radius 2 is 1.31 bits per heavy atom. The van der Waals surface area contributed by atoms with Gasteiger partial charge in [0.1, 0.15) is 24.4 Å². The summed E-state index contributed by atoms with van der Waals surface area (Å²) >= 11 is 0. The normalized spacial score (nSPS) is 25.1. The Bertz CT molecular complexity index is 387. The maximum absolute atomic E-state index is 9.83. The van der Waals surface area contributed by atoms with Crippen LogP contribution in [0.25, 0.3) is 0 Å². The first kappa shape index (κ1) is 26.6. The highest BCUT2D eigenvalue weighted by atomic mass is 16.6. The molecule has 1 fully saturated rings. The van der Waals surface area contributed by atoms with Crippen LogP contribution >= 0.6 is 0 Å². The van der Waals surface area contributed by atoms with Crippen molar-refractivity contribution < 1.29 is 24.8 Å². The lowest BCUT2D eigenvalue weighted by Crippen LogP contribution is -2.54. The molecule has 1 saturated heterocycles. The summed E-state index contributed by atoms with van der Waals surface area (Å²) in [6, 6.07) is 0. The zero-order valence-electron chi connectivity index (χ0n) is 18.6. The number of aliphatic hydroxyl groups is 3. The quantitative estimate of drug-likeness (QED) is 0.227. The first-order valence-electron chi connectivity index (χ1n) is 12.0. The second-order valence-electron chi connectivity index (χ2n) is 8.43. The lowest BCUT2D eigenvalue weighted by atomic mass is 10.0. The monoisotopic (exact) mass is 414 g/mol. The molecule has 5 heteroatoms. The Balaban J connectivity index is 1.79. The summed E-state index contributed by atoms with van der Waals surface area (Å²) in [6.07, 6.45) is 18.9. The van der Waals surface area contributed by atoms with Crippen LogP contribution in [-0.2, 0) is 9.47 Å². The smallest absolute Gasteiger partial charge is 0.111 e. The van der Waals surface area contributed by atoms with Gasteiger partial charge in [-0.25, -0.2) is 0 Å². The number of hydrogen-bond acceptors (Lipinski definition) is 5. The molecule has 1 heterocycles. The number of ether oxygens (including phenoxy) is 2. The third kappa shape index (κ3) is 13.5. The van der Waals surface area contributed by atoms with Crippen molar-refractivity contribution in [3.8, 4) is 0 Å². The average molecular weight is 415 g/mol. The number of rotatable bonds is 18. The summed E-state index contributed by atoms with van der Waals surface area (Å²) in [5.41, 5.74) is 0. The molecule has 3 N–H and O–H groups in total. The fourth-order valence-electron chi connectivity index (χ4n) is 3.66. The van der Waals surface area contributed by atoms with Crippen molar-refractivity contribution in [3.05, 3.63) is 12.2 Å².